The van der Waals surface area contributed by atoms with Crippen molar-refractivity contribution in [2.75, 3.05) is 0 Å². The average Bonchev–Trinajstić information content (AvgIpc) is 2.27. The third-order valence-corrected chi connectivity index (χ3v) is 3.32. The molecule has 1 saturated carbocycles. The maximum Gasteiger partial charge on any atom is -0.0180 e. The number of hydrogen-bond acceptors (Lipinski definition) is 0. The van der Waals surface area contributed by atoms with Crippen LogP contribution >= 0.6 is 0 Å². The number of rotatable bonds is 2. The topological polar surface area (TPSA) is 0 Å². The summed E-state index contributed by atoms with van der Waals surface area (Å²) in [7, 11) is 0. The van der Waals surface area contributed by atoms with Crippen molar-refractivity contribution in [2.24, 2.45) is 11.8 Å². The smallest absolute Gasteiger partial charge is 0.0180 e. The van der Waals surface area contributed by atoms with Crippen LogP contribution in [0, 0.1) is 11.8 Å². The largest absolute Gasteiger partial charge is 0.0999 e. The molecule has 12 heavy (non-hydrogen) atoms. The zero-order valence-electron chi connectivity index (χ0n) is 8.60. The highest BCUT2D eigenvalue weighted by Gasteiger charge is 2.22. The van der Waals surface area contributed by atoms with Gasteiger partial charge >= 0.3 is 0 Å². The molecule has 0 aromatic carbocycles. The van der Waals surface area contributed by atoms with Crippen LogP contribution in [-0.4, -0.2) is 0 Å². The minimum absolute atomic E-state index is 0.831. The second-order valence-electron chi connectivity index (χ2n) is 4.26. The van der Waals surface area contributed by atoms with Gasteiger partial charge in [-0.15, -0.1) is 0 Å². The molecule has 0 aliphatic heterocycles. The van der Waals surface area contributed by atoms with Crippen molar-refractivity contribution in [3.05, 3.63) is 12.2 Å². The van der Waals surface area contributed by atoms with Gasteiger partial charge in [-0.05, 0) is 31.6 Å². The number of hydrogen-bond donors (Lipinski definition) is 0. The molecule has 1 aliphatic rings. The molecule has 0 heteroatoms. The molecule has 1 aliphatic carbocycles. The molecular formula is C12H22. The molecule has 0 heterocycles. The van der Waals surface area contributed by atoms with E-state index in [2.05, 4.69) is 20.4 Å². The van der Waals surface area contributed by atoms with E-state index in [1.165, 1.54) is 44.1 Å². The lowest BCUT2D eigenvalue weighted by Gasteiger charge is -2.23. The van der Waals surface area contributed by atoms with Crippen molar-refractivity contribution in [1.82, 2.24) is 0 Å². The van der Waals surface area contributed by atoms with Gasteiger partial charge in [0.2, 0.25) is 0 Å². The Labute approximate surface area is 77.1 Å². The first-order valence-electron chi connectivity index (χ1n) is 5.41. The van der Waals surface area contributed by atoms with Gasteiger partial charge in [0.25, 0.3) is 0 Å². The van der Waals surface area contributed by atoms with Crippen LogP contribution in [-0.2, 0) is 0 Å². The Balaban J connectivity index is 2.57. The van der Waals surface area contributed by atoms with Gasteiger partial charge in [-0.2, -0.15) is 0 Å². The first-order valence-corrected chi connectivity index (χ1v) is 5.41. The molecule has 2 unspecified atom stereocenters. The normalized spacial score (nSPS) is 31.2. The van der Waals surface area contributed by atoms with Gasteiger partial charge in [-0.3, -0.25) is 0 Å². The van der Waals surface area contributed by atoms with E-state index in [0.717, 1.165) is 11.8 Å². The van der Waals surface area contributed by atoms with Gasteiger partial charge in [-0.1, -0.05) is 44.8 Å². The Morgan fingerprint density at radius 1 is 1.25 bits per heavy atom. The minimum Gasteiger partial charge on any atom is -0.0999 e. The van der Waals surface area contributed by atoms with Crippen molar-refractivity contribution in [3.8, 4) is 0 Å². The van der Waals surface area contributed by atoms with Crippen LogP contribution in [0.4, 0.5) is 0 Å². The standard InChI is InChI=1S/C12H22/c1-4-11-8-6-5-7-9-12(11)10(2)3/h11-12H,2,4-9H2,1,3H3. The summed E-state index contributed by atoms with van der Waals surface area (Å²) in [4.78, 5) is 0. The SMILES string of the molecule is C=C(C)C1CCCCCC1CC. The summed E-state index contributed by atoms with van der Waals surface area (Å²) >= 11 is 0. The van der Waals surface area contributed by atoms with Gasteiger partial charge in [0, 0.05) is 0 Å². The summed E-state index contributed by atoms with van der Waals surface area (Å²) in [5.41, 5.74) is 1.42. The first-order chi connectivity index (χ1) is 5.75. The highest BCUT2D eigenvalue weighted by Crippen LogP contribution is 2.34. The second kappa shape index (κ2) is 4.69. The Kier molecular flexibility index (Phi) is 3.84. The van der Waals surface area contributed by atoms with Crippen molar-refractivity contribution in [3.63, 3.8) is 0 Å². The molecule has 0 spiro atoms. The van der Waals surface area contributed by atoms with Crippen LogP contribution in [0.5, 0.6) is 0 Å². The molecule has 0 aromatic heterocycles. The lowest BCUT2D eigenvalue weighted by atomic mass is 9.82. The Bertz CT molecular complexity index is 146. The van der Waals surface area contributed by atoms with Crippen LogP contribution in [0.15, 0.2) is 12.2 Å². The molecule has 70 valence electrons. The molecule has 1 rings (SSSR count). The molecule has 0 bridgehead atoms. The molecule has 0 aromatic rings. The lowest BCUT2D eigenvalue weighted by Crippen LogP contribution is -2.13. The predicted octanol–water partition coefficient (Wildman–Crippen LogP) is 4.17. The van der Waals surface area contributed by atoms with Crippen molar-refractivity contribution < 1.29 is 0 Å². The van der Waals surface area contributed by atoms with Crippen LogP contribution < -0.4 is 0 Å². The van der Waals surface area contributed by atoms with Crippen molar-refractivity contribution >= 4 is 0 Å². The third kappa shape index (κ3) is 2.36. The van der Waals surface area contributed by atoms with Crippen LogP contribution in [0.2, 0.25) is 0 Å². The maximum atomic E-state index is 4.12. The molecule has 0 radical (unpaired) electrons. The average molecular weight is 166 g/mol. The fraction of sp³-hybridized carbons (Fsp3) is 0.833. The molecule has 0 nitrogen and oxygen atoms in total. The molecule has 2 atom stereocenters. The fourth-order valence-electron chi connectivity index (χ4n) is 2.52. The monoisotopic (exact) mass is 166 g/mol. The van der Waals surface area contributed by atoms with Crippen LogP contribution in [0.1, 0.15) is 52.4 Å². The Morgan fingerprint density at radius 2 is 1.92 bits per heavy atom. The highest BCUT2D eigenvalue weighted by molar-refractivity contribution is 4.99. The molecule has 0 saturated heterocycles. The van der Waals surface area contributed by atoms with Crippen LogP contribution in [0.3, 0.4) is 0 Å². The van der Waals surface area contributed by atoms with Gasteiger partial charge in [0.1, 0.15) is 0 Å². The van der Waals surface area contributed by atoms with Gasteiger partial charge in [0.15, 0.2) is 0 Å². The minimum atomic E-state index is 0.831. The van der Waals surface area contributed by atoms with Crippen molar-refractivity contribution in [1.29, 1.82) is 0 Å². The Morgan fingerprint density at radius 3 is 2.50 bits per heavy atom. The fourth-order valence-corrected chi connectivity index (χ4v) is 2.52. The zero-order chi connectivity index (χ0) is 8.97. The summed E-state index contributed by atoms with van der Waals surface area (Å²) in [5.74, 6) is 1.77. The Hall–Kier alpha value is -0.260. The number of allylic oxidation sites excluding steroid dienone is 1. The molecule has 1 fully saturated rings. The van der Waals surface area contributed by atoms with E-state index < -0.39 is 0 Å². The molecule has 0 amide bonds. The van der Waals surface area contributed by atoms with E-state index in [-0.39, 0.29) is 0 Å². The summed E-state index contributed by atoms with van der Waals surface area (Å²) < 4.78 is 0. The van der Waals surface area contributed by atoms with Gasteiger partial charge in [0.05, 0.1) is 0 Å². The summed E-state index contributed by atoms with van der Waals surface area (Å²) in [5, 5.41) is 0. The quantitative estimate of drug-likeness (QED) is 0.426. The van der Waals surface area contributed by atoms with E-state index in [1.54, 1.807) is 0 Å². The van der Waals surface area contributed by atoms with E-state index in [0.29, 0.717) is 0 Å². The predicted molar refractivity (Wildman–Crippen MR) is 55.2 cm³/mol. The lowest BCUT2D eigenvalue weighted by molar-refractivity contribution is 0.347. The van der Waals surface area contributed by atoms with Gasteiger partial charge < -0.3 is 0 Å². The molecule has 0 N–H and O–H groups in total. The second-order valence-corrected chi connectivity index (χ2v) is 4.26. The van der Waals surface area contributed by atoms with E-state index in [1.807, 2.05) is 0 Å². The maximum absolute atomic E-state index is 4.12. The van der Waals surface area contributed by atoms with Crippen LogP contribution in [0.25, 0.3) is 0 Å². The summed E-state index contributed by atoms with van der Waals surface area (Å²) in [6.45, 7) is 8.65. The summed E-state index contributed by atoms with van der Waals surface area (Å²) in [6.07, 6.45) is 8.50. The first kappa shape index (κ1) is 9.83. The summed E-state index contributed by atoms with van der Waals surface area (Å²) in [6, 6.07) is 0. The third-order valence-electron chi connectivity index (χ3n) is 3.32. The van der Waals surface area contributed by atoms with E-state index in [9.17, 15) is 0 Å². The van der Waals surface area contributed by atoms with E-state index in [4.69, 9.17) is 0 Å². The van der Waals surface area contributed by atoms with Gasteiger partial charge in [-0.25, -0.2) is 0 Å². The highest BCUT2D eigenvalue weighted by atomic mass is 14.3. The zero-order valence-corrected chi connectivity index (χ0v) is 8.60. The van der Waals surface area contributed by atoms with Crippen molar-refractivity contribution in [2.45, 2.75) is 52.4 Å². The molecular weight excluding hydrogens is 144 g/mol. The van der Waals surface area contributed by atoms with E-state index >= 15 is 0 Å².